The van der Waals surface area contributed by atoms with Gasteiger partial charge in [-0.05, 0) is 52.3 Å². The van der Waals surface area contributed by atoms with E-state index >= 15 is 0 Å². The number of carbonyl (C=O) groups is 1. The van der Waals surface area contributed by atoms with E-state index in [9.17, 15) is 4.79 Å². The maximum absolute atomic E-state index is 12.2. The number of carbonyl (C=O) groups excluding carboxylic acids is 1. The molecule has 0 aliphatic carbocycles. The lowest BCUT2D eigenvalue weighted by Crippen LogP contribution is -2.40. The Balaban J connectivity index is 2.81. The number of amides is 1. The van der Waals surface area contributed by atoms with Crippen LogP contribution in [0.4, 0.5) is 4.79 Å². The van der Waals surface area contributed by atoms with Crippen molar-refractivity contribution < 1.29 is 9.53 Å². The van der Waals surface area contributed by atoms with Gasteiger partial charge in [-0.2, -0.15) is 0 Å². The molecule has 0 saturated heterocycles. The van der Waals surface area contributed by atoms with Crippen LogP contribution in [0.5, 0.6) is 0 Å². The van der Waals surface area contributed by atoms with Crippen LogP contribution in [0.15, 0.2) is 24.3 Å². The molecular weight excluding hydrogens is 262 g/mol. The molecule has 19 heavy (non-hydrogen) atoms. The van der Waals surface area contributed by atoms with Crippen LogP contribution in [-0.4, -0.2) is 22.6 Å². The van der Waals surface area contributed by atoms with E-state index in [2.05, 4.69) is 0 Å². The van der Waals surface area contributed by atoms with E-state index in [1.54, 1.807) is 4.90 Å². The average molecular weight is 284 g/mol. The molecule has 1 amide bonds. The number of nitrogens with zero attached hydrogens (tertiary/aromatic N) is 1. The van der Waals surface area contributed by atoms with Crippen molar-refractivity contribution in [3.8, 4) is 0 Å². The lowest BCUT2D eigenvalue weighted by atomic mass is 10.2. The van der Waals surface area contributed by atoms with Crippen molar-refractivity contribution in [1.29, 1.82) is 0 Å². The van der Waals surface area contributed by atoms with Crippen LogP contribution in [0.1, 0.15) is 40.2 Å². The van der Waals surface area contributed by atoms with Gasteiger partial charge < -0.3 is 9.64 Å². The lowest BCUT2D eigenvalue weighted by molar-refractivity contribution is 0.0172. The van der Waals surface area contributed by atoms with Crippen molar-refractivity contribution in [2.75, 3.05) is 0 Å². The van der Waals surface area contributed by atoms with E-state index in [4.69, 9.17) is 16.3 Å². The van der Waals surface area contributed by atoms with Gasteiger partial charge in [-0.15, -0.1) is 0 Å². The predicted octanol–water partition coefficient (Wildman–Crippen LogP) is 4.49. The zero-order valence-electron chi connectivity index (χ0n) is 12.2. The highest BCUT2D eigenvalue weighted by molar-refractivity contribution is 6.30. The first-order valence-corrected chi connectivity index (χ1v) is 6.81. The smallest absolute Gasteiger partial charge is 0.410 e. The fourth-order valence-electron chi connectivity index (χ4n) is 1.61. The Hall–Kier alpha value is -1.22. The molecule has 0 aliphatic heterocycles. The van der Waals surface area contributed by atoms with Gasteiger partial charge in [0.05, 0.1) is 0 Å². The first-order valence-electron chi connectivity index (χ1n) is 6.43. The summed E-state index contributed by atoms with van der Waals surface area (Å²) in [6, 6.07) is 7.57. The molecule has 0 aliphatic rings. The highest BCUT2D eigenvalue weighted by Crippen LogP contribution is 2.17. The summed E-state index contributed by atoms with van der Waals surface area (Å²) in [6.45, 7) is 10.0. The Bertz CT molecular complexity index is 438. The third kappa shape index (κ3) is 5.52. The summed E-state index contributed by atoms with van der Waals surface area (Å²) in [4.78, 5) is 13.9. The monoisotopic (exact) mass is 283 g/mol. The first kappa shape index (κ1) is 15.8. The number of halogens is 1. The van der Waals surface area contributed by atoms with Gasteiger partial charge in [0.1, 0.15) is 5.60 Å². The number of ether oxygens (including phenoxy) is 1. The van der Waals surface area contributed by atoms with Gasteiger partial charge in [-0.3, -0.25) is 0 Å². The van der Waals surface area contributed by atoms with Gasteiger partial charge in [-0.1, -0.05) is 23.7 Å². The molecule has 0 atom stereocenters. The molecule has 0 aromatic heterocycles. The second-order valence-corrected chi connectivity index (χ2v) is 6.27. The fraction of sp³-hybridized carbons (Fsp3) is 0.533. The van der Waals surface area contributed by atoms with Crippen molar-refractivity contribution in [2.24, 2.45) is 0 Å². The number of hydrogen-bond acceptors (Lipinski definition) is 2. The van der Waals surface area contributed by atoms with Crippen LogP contribution in [0.3, 0.4) is 0 Å². The number of hydrogen-bond donors (Lipinski definition) is 0. The molecule has 0 fully saturated rings. The SMILES string of the molecule is CC(C)N(Cc1cccc(Cl)c1)C(=O)OC(C)(C)C. The zero-order valence-corrected chi connectivity index (χ0v) is 13.0. The summed E-state index contributed by atoms with van der Waals surface area (Å²) in [6.07, 6.45) is -0.303. The summed E-state index contributed by atoms with van der Waals surface area (Å²) in [5.74, 6) is 0. The molecule has 0 unspecified atom stereocenters. The quantitative estimate of drug-likeness (QED) is 0.818. The number of benzene rings is 1. The average Bonchev–Trinajstić information content (AvgIpc) is 2.23. The van der Waals surface area contributed by atoms with E-state index < -0.39 is 5.60 Å². The lowest BCUT2D eigenvalue weighted by Gasteiger charge is -2.30. The highest BCUT2D eigenvalue weighted by atomic mass is 35.5. The zero-order chi connectivity index (χ0) is 14.6. The summed E-state index contributed by atoms with van der Waals surface area (Å²) in [7, 11) is 0. The van der Waals surface area contributed by atoms with Crippen LogP contribution >= 0.6 is 11.6 Å². The van der Waals surface area contributed by atoms with E-state index in [1.165, 1.54) is 0 Å². The molecule has 0 heterocycles. The molecule has 106 valence electrons. The molecule has 0 saturated carbocycles. The van der Waals surface area contributed by atoms with E-state index in [-0.39, 0.29) is 12.1 Å². The van der Waals surface area contributed by atoms with Crippen molar-refractivity contribution in [2.45, 2.75) is 52.8 Å². The molecule has 4 heteroatoms. The Morgan fingerprint density at radius 3 is 2.47 bits per heavy atom. The van der Waals surface area contributed by atoms with Crippen molar-refractivity contribution in [1.82, 2.24) is 4.90 Å². The van der Waals surface area contributed by atoms with Crippen molar-refractivity contribution >= 4 is 17.7 Å². The Kier molecular flexibility index (Phi) is 5.24. The molecule has 3 nitrogen and oxygen atoms in total. The van der Waals surface area contributed by atoms with Gasteiger partial charge in [0, 0.05) is 17.6 Å². The molecule has 0 N–H and O–H groups in total. The van der Waals surface area contributed by atoms with E-state index in [0.29, 0.717) is 11.6 Å². The second kappa shape index (κ2) is 6.29. The third-order valence-electron chi connectivity index (χ3n) is 2.49. The molecule has 0 bridgehead atoms. The minimum absolute atomic E-state index is 0.0637. The fourth-order valence-corrected chi connectivity index (χ4v) is 1.82. The molecule has 1 rings (SSSR count). The van der Waals surface area contributed by atoms with Gasteiger partial charge in [-0.25, -0.2) is 4.79 Å². The van der Waals surface area contributed by atoms with E-state index in [0.717, 1.165) is 5.56 Å². The Labute approximate surface area is 120 Å². The predicted molar refractivity (Wildman–Crippen MR) is 78.4 cm³/mol. The Morgan fingerprint density at radius 2 is 2.00 bits per heavy atom. The minimum Gasteiger partial charge on any atom is -0.444 e. The largest absolute Gasteiger partial charge is 0.444 e. The van der Waals surface area contributed by atoms with Gasteiger partial charge in [0.25, 0.3) is 0 Å². The molecule has 1 aromatic rings. The van der Waals surface area contributed by atoms with Gasteiger partial charge >= 0.3 is 6.09 Å². The standard InChI is InChI=1S/C15H22ClNO2/c1-11(2)17(14(18)19-15(3,4)5)10-12-7-6-8-13(16)9-12/h6-9,11H,10H2,1-5H3. The van der Waals surface area contributed by atoms with Crippen LogP contribution in [0, 0.1) is 0 Å². The molecule has 1 aromatic carbocycles. The normalized spacial score (nSPS) is 11.5. The minimum atomic E-state index is -0.488. The van der Waals surface area contributed by atoms with Crippen LogP contribution in [-0.2, 0) is 11.3 Å². The molecular formula is C15H22ClNO2. The first-order chi connectivity index (χ1) is 8.69. The topological polar surface area (TPSA) is 29.5 Å². The van der Waals surface area contributed by atoms with Crippen LogP contribution in [0.25, 0.3) is 0 Å². The van der Waals surface area contributed by atoms with Crippen molar-refractivity contribution in [3.63, 3.8) is 0 Å². The summed E-state index contributed by atoms with van der Waals surface area (Å²) < 4.78 is 5.42. The van der Waals surface area contributed by atoms with Gasteiger partial charge in [0.2, 0.25) is 0 Å². The van der Waals surface area contributed by atoms with Gasteiger partial charge in [0.15, 0.2) is 0 Å². The highest BCUT2D eigenvalue weighted by Gasteiger charge is 2.24. The van der Waals surface area contributed by atoms with Crippen LogP contribution in [0.2, 0.25) is 5.02 Å². The molecule has 0 spiro atoms. The van der Waals surface area contributed by atoms with Crippen molar-refractivity contribution in [3.05, 3.63) is 34.9 Å². The summed E-state index contributed by atoms with van der Waals surface area (Å²) >= 11 is 5.96. The number of rotatable bonds is 3. The third-order valence-corrected chi connectivity index (χ3v) is 2.73. The molecule has 0 radical (unpaired) electrons. The summed E-state index contributed by atoms with van der Waals surface area (Å²) in [5.41, 5.74) is 0.505. The maximum atomic E-state index is 12.2. The second-order valence-electron chi connectivity index (χ2n) is 5.83. The summed E-state index contributed by atoms with van der Waals surface area (Å²) in [5, 5.41) is 0.672. The Morgan fingerprint density at radius 1 is 1.37 bits per heavy atom. The van der Waals surface area contributed by atoms with E-state index in [1.807, 2.05) is 58.9 Å². The maximum Gasteiger partial charge on any atom is 0.410 e. The van der Waals surface area contributed by atoms with Crippen LogP contribution < -0.4 is 0 Å².